The molecule has 2 aliphatic heterocycles. The van der Waals surface area contributed by atoms with Crippen molar-refractivity contribution in [2.75, 3.05) is 0 Å². The van der Waals surface area contributed by atoms with Crippen molar-refractivity contribution in [2.24, 2.45) is 5.16 Å². The molecule has 214 valence electrons. The first-order chi connectivity index (χ1) is 19.1. The van der Waals surface area contributed by atoms with Crippen molar-refractivity contribution in [2.45, 2.75) is 57.4 Å². The number of halogens is 6. The minimum Gasteiger partial charge on any atom is -0.423 e. The minimum absolute atomic E-state index is 0.0581. The number of Topliss-reactive ketones (excluding diaryl/α,β-unsaturated/α-hetero) is 1. The number of nitrogens with zero attached hydrogens (tertiary/aromatic N) is 1. The maximum atomic E-state index is 14.4. The van der Waals surface area contributed by atoms with Gasteiger partial charge in [-0.15, -0.1) is 0 Å². The second-order valence-electron chi connectivity index (χ2n) is 10.7. The average molecular weight is 625 g/mol. The Hall–Kier alpha value is -2.56. The molecule has 1 atom stereocenters. The standard InChI is InChI=1S/C29H24BCl3F3NO4/c1-15-10-17(24-14-28(41-37-24,29(34,35)36)18-12-22(31)26(33)23(32)13-18)6-7-19(15)25(38)9-5-16-4-8-21-20(11-16)27(2,3)40-30(21)39/h4,6-8,10-13,39H,5,9,14H2,1-3H3. The minimum atomic E-state index is -4.85. The second kappa shape index (κ2) is 10.6. The molecule has 3 aromatic carbocycles. The van der Waals surface area contributed by atoms with Gasteiger partial charge in [0, 0.05) is 24.0 Å². The maximum Gasteiger partial charge on any atom is 0.492 e. The van der Waals surface area contributed by atoms with Crippen LogP contribution in [0.15, 0.2) is 53.7 Å². The first-order valence-corrected chi connectivity index (χ1v) is 13.9. The zero-order valence-electron chi connectivity index (χ0n) is 22.2. The van der Waals surface area contributed by atoms with E-state index in [1.807, 2.05) is 32.0 Å². The van der Waals surface area contributed by atoms with E-state index in [4.69, 9.17) is 44.3 Å². The van der Waals surface area contributed by atoms with Gasteiger partial charge in [0.2, 0.25) is 0 Å². The summed E-state index contributed by atoms with van der Waals surface area (Å²) in [5.74, 6) is -0.107. The molecule has 0 aromatic heterocycles. The predicted molar refractivity (Wildman–Crippen MR) is 153 cm³/mol. The Morgan fingerprint density at radius 1 is 1.07 bits per heavy atom. The largest absolute Gasteiger partial charge is 0.492 e. The van der Waals surface area contributed by atoms with Gasteiger partial charge in [-0.2, -0.15) is 13.2 Å². The molecule has 0 radical (unpaired) electrons. The Morgan fingerprint density at radius 3 is 2.39 bits per heavy atom. The molecule has 0 aliphatic carbocycles. The normalized spacial score (nSPS) is 19.7. The van der Waals surface area contributed by atoms with Crippen LogP contribution in [0.5, 0.6) is 0 Å². The van der Waals surface area contributed by atoms with Crippen LogP contribution < -0.4 is 5.46 Å². The summed E-state index contributed by atoms with van der Waals surface area (Å²) in [7, 11) is -0.977. The van der Waals surface area contributed by atoms with Crippen molar-refractivity contribution in [3.05, 3.63) is 97.0 Å². The Kier molecular flexibility index (Phi) is 7.75. The fraction of sp³-hybridized carbons (Fsp3) is 0.310. The summed E-state index contributed by atoms with van der Waals surface area (Å²) in [5.41, 5.74) is 0.310. The van der Waals surface area contributed by atoms with Crippen molar-refractivity contribution in [3.8, 4) is 0 Å². The van der Waals surface area contributed by atoms with Gasteiger partial charge in [0.1, 0.15) is 0 Å². The zero-order chi connectivity index (χ0) is 29.9. The molecule has 1 N–H and O–H groups in total. The van der Waals surface area contributed by atoms with Gasteiger partial charge in [0.05, 0.1) is 26.4 Å². The monoisotopic (exact) mass is 623 g/mol. The van der Waals surface area contributed by atoms with Crippen molar-refractivity contribution in [1.29, 1.82) is 0 Å². The van der Waals surface area contributed by atoms with Gasteiger partial charge in [-0.25, -0.2) is 0 Å². The lowest BCUT2D eigenvalue weighted by atomic mass is 9.77. The third kappa shape index (κ3) is 5.39. The highest BCUT2D eigenvalue weighted by Crippen LogP contribution is 2.50. The maximum absolute atomic E-state index is 14.4. The number of benzene rings is 3. The highest BCUT2D eigenvalue weighted by Gasteiger charge is 2.62. The Labute approximate surface area is 250 Å². The molecule has 5 rings (SSSR count). The van der Waals surface area contributed by atoms with Crippen molar-refractivity contribution >= 4 is 58.9 Å². The van der Waals surface area contributed by atoms with Crippen LogP contribution in [0, 0.1) is 6.92 Å². The molecule has 0 amide bonds. The van der Waals surface area contributed by atoms with E-state index in [1.54, 1.807) is 25.1 Å². The fourth-order valence-corrected chi connectivity index (χ4v) is 5.89. The summed E-state index contributed by atoms with van der Waals surface area (Å²) in [6.45, 7) is 5.47. The molecule has 0 spiro atoms. The molecule has 2 aliphatic rings. The third-order valence-electron chi connectivity index (χ3n) is 7.58. The van der Waals surface area contributed by atoms with Crippen LogP contribution >= 0.6 is 34.8 Å². The van der Waals surface area contributed by atoms with E-state index >= 15 is 0 Å². The number of oxime groups is 1. The molecule has 0 saturated heterocycles. The molecular formula is C29H24BCl3F3NO4. The molecule has 0 bridgehead atoms. The zero-order valence-corrected chi connectivity index (χ0v) is 24.5. The summed E-state index contributed by atoms with van der Waals surface area (Å²) in [5, 5.41) is 13.6. The van der Waals surface area contributed by atoms with E-state index in [2.05, 4.69) is 5.16 Å². The average Bonchev–Trinajstić information content (AvgIpc) is 3.45. The predicted octanol–water partition coefficient (Wildman–Crippen LogP) is 7.31. The number of carbonyl (C=O) groups excluding carboxylic acids is 1. The number of alkyl halides is 3. The highest BCUT2D eigenvalue weighted by molar-refractivity contribution is 6.62. The van der Waals surface area contributed by atoms with Gasteiger partial charge >= 0.3 is 13.3 Å². The van der Waals surface area contributed by atoms with Gasteiger partial charge in [-0.05, 0) is 73.1 Å². The number of aryl methyl sites for hydroxylation is 2. The van der Waals surface area contributed by atoms with E-state index in [0.717, 1.165) is 23.3 Å². The molecule has 5 nitrogen and oxygen atoms in total. The van der Waals surface area contributed by atoms with E-state index in [0.29, 0.717) is 28.6 Å². The Balaban J connectivity index is 1.33. The topological polar surface area (TPSA) is 68.1 Å². The van der Waals surface area contributed by atoms with Crippen molar-refractivity contribution in [1.82, 2.24) is 0 Å². The van der Waals surface area contributed by atoms with Crippen LogP contribution in [0.4, 0.5) is 13.2 Å². The number of hydrogen-bond acceptors (Lipinski definition) is 5. The molecule has 1 unspecified atom stereocenters. The molecule has 12 heteroatoms. The van der Waals surface area contributed by atoms with Crippen LogP contribution in [-0.2, 0) is 27.1 Å². The Morgan fingerprint density at radius 2 is 1.76 bits per heavy atom. The van der Waals surface area contributed by atoms with Crippen LogP contribution in [0.1, 0.15) is 64.9 Å². The lowest BCUT2D eigenvalue weighted by Crippen LogP contribution is -2.42. The van der Waals surface area contributed by atoms with Crippen LogP contribution in [0.3, 0.4) is 0 Å². The summed E-state index contributed by atoms with van der Waals surface area (Å²) >= 11 is 18.0. The first-order valence-electron chi connectivity index (χ1n) is 12.7. The molecule has 3 aromatic rings. The lowest BCUT2D eigenvalue weighted by molar-refractivity contribution is -0.275. The lowest BCUT2D eigenvalue weighted by Gasteiger charge is -2.30. The molecule has 0 fully saturated rings. The number of rotatable bonds is 6. The van der Waals surface area contributed by atoms with Crippen molar-refractivity contribution < 1.29 is 32.5 Å². The fourth-order valence-electron chi connectivity index (χ4n) is 5.30. The van der Waals surface area contributed by atoms with Gasteiger partial charge < -0.3 is 14.5 Å². The summed E-state index contributed by atoms with van der Waals surface area (Å²) in [6, 6.07) is 12.6. The quantitative estimate of drug-likeness (QED) is 0.178. The number of carbonyl (C=O) groups is 1. The molecule has 0 saturated carbocycles. The summed E-state index contributed by atoms with van der Waals surface area (Å²) in [4.78, 5) is 18.2. The van der Waals surface area contributed by atoms with E-state index < -0.39 is 30.9 Å². The highest BCUT2D eigenvalue weighted by atomic mass is 35.5. The van der Waals surface area contributed by atoms with Gasteiger partial charge in [-0.1, -0.05) is 70.3 Å². The summed E-state index contributed by atoms with van der Waals surface area (Å²) in [6.07, 6.45) is -4.77. The van der Waals surface area contributed by atoms with Crippen LogP contribution in [-0.4, -0.2) is 29.8 Å². The Bertz CT molecular complexity index is 1570. The van der Waals surface area contributed by atoms with Crippen LogP contribution in [0.25, 0.3) is 0 Å². The molecule has 41 heavy (non-hydrogen) atoms. The van der Waals surface area contributed by atoms with Gasteiger partial charge in [-0.3, -0.25) is 4.79 Å². The SMILES string of the molecule is Cc1cc(C2=NOC(c3cc(Cl)c(Cl)c(Cl)c3)(C(F)(F)F)C2)ccc1C(=O)CCc1ccc2c(c1)C(C)(C)OB2O. The third-order valence-corrected chi connectivity index (χ3v) is 8.77. The number of hydrogen-bond donors (Lipinski definition) is 1. The van der Waals surface area contributed by atoms with Gasteiger partial charge in [0.15, 0.2) is 5.78 Å². The van der Waals surface area contributed by atoms with E-state index in [9.17, 15) is 23.0 Å². The molecule has 2 heterocycles. The van der Waals surface area contributed by atoms with Crippen LogP contribution in [0.2, 0.25) is 15.1 Å². The number of fused-ring (bicyclic) bond motifs is 1. The number of ketones is 1. The van der Waals surface area contributed by atoms with Gasteiger partial charge in [0.25, 0.3) is 5.60 Å². The second-order valence-corrected chi connectivity index (χ2v) is 11.9. The van der Waals surface area contributed by atoms with E-state index in [-0.39, 0.29) is 38.5 Å². The summed E-state index contributed by atoms with van der Waals surface area (Å²) < 4.78 is 48.7. The van der Waals surface area contributed by atoms with Crippen molar-refractivity contribution in [3.63, 3.8) is 0 Å². The smallest absolute Gasteiger partial charge is 0.423 e. The van der Waals surface area contributed by atoms with E-state index in [1.165, 1.54) is 0 Å². The first kappa shape index (κ1) is 29.9. The molecular weight excluding hydrogens is 600 g/mol.